The van der Waals surface area contributed by atoms with Crippen LogP contribution < -0.4 is 10.1 Å². The standard InChI is InChI=1S/C25H27Cl2N3O6S/c1-36-22-8-5-18(26)12-16(22)11-17-14-28-23(31)15-30(24(17)32)37(34,35)19-6-7-21(27)20(13-19)25(33)29-9-3-2-4-10-29/h5-8,12-13,17H,2-4,9-11,14-15H2,1H3,(H,28,31). The van der Waals surface area contributed by atoms with Crippen LogP contribution in [0.25, 0.3) is 0 Å². The lowest BCUT2D eigenvalue weighted by atomic mass is 9.98. The summed E-state index contributed by atoms with van der Waals surface area (Å²) in [6.45, 7) is 0.387. The molecule has 0 saturated carbocycles. The Balaban J connectivity index is 1.66. The molecule has 1 atom stereocenters. The van der Waals surface area contributed by atoms with E-state index >= 15 is 0 Å². The Bertz CT molecular complexity index is 1330. The smallest absolute Gasteiger partial charge is 0.267 e. The molecule has 2 heterocycles. The first-order valence-electron chi connectivity index (χ1n) is 11.9. The number of carbonyl (C=O) groups excluding carboxylic acids is 3. The van der Waals surface area contributed by atoms with Gasteiger partial charge in [0.1, 0.15) is 12.3 Å². The van der Waals surface area contributed by atoms with Crippen LogP contribution in [-0.4, -0.2) is 68.6 Å². The highest BCUT2D eigenvalue weighted by atomic mass is 35.5. The first-order valence-corrected chi connectivity index (χ1v) is 14.1. The molecule has 0 aliphatic carbocycles. The molecule has 2 saturated heterocycles. The summed E-state index contributed by atoms with van der Waals surface area (Å²) in [6, 6.07) is 8.66. The summed E-state index contributed by atoms with van der Waals surface area (Å²) in [5, 5.41) is 3.15. The molecule has 0 aromatic heterocycles. The molecule has 2 fully saturated rings. The fourth-order valence-electron chi connectivity index (χ4n) is 4.55. The van der Waals surface area contributed by atoms with Gasteiger partial charge in [0.15, 0.2) is 0 Å². The van der Waals surface area contributed by atoms with Crippen LogP contribution in [0.4, 0.5) is 0 Å². The predicted molar refractivity (Wildman–Crippen MR) is 138 cm³/mol. The minimum atomic E-state index is -4.48. The van der Waals surface area contributed by atoms with E-state index in [2.05, 4.69) is 5.32 Å². The molecule has 4 rings (SSSR count). The van der Waals surface area contributed by atoms with Gasteiger partial charge in [-0.1, -0.05) is 23.2 Å². The highest BCUT2D eigenvalue weighted by molar-refractivity contribution is 7.89. The minimum Gasteiger partial charge on any atom is -0.496 e. The van der Waals surface area contributed by atoms with E-state index in [0.29, 0.717) is 33.7 Å². The van der Waals surface area contributed by atoms with Gasteiger partial charge in [-0.3, -0.25) is 14.4 Å². The lowest BCUT2D eigenvalue weighted by Crippen LogP contribution is -2.42. The topological polar surface area (TPSA) is 113 Å². The molecule has 0 bridgehead atoms. The highest BCUT2D eigenvalue weighted by Crippen LogP contribution is 2.29. The largest absolute Gasteiger partial charge is 0.496 e. The molecular weight excluding hydrogens is 541 g/mol. The van der Waals surface area contributed by atoms with E-state index in [-0.39, 0.29) is 34.4 Å². The third kappa shape index (κ3) is 5.86. The fraction of sp³-hybridized carbons (Fsp3) is 0.400. The first-order chi connectivity index (χ1) is 17.6. The predicted octanol–water partition coefficient (Wildman–Crippen LogP) is 3.13. The van der Waals surface area contributed by atoms with E-state index in [9.17, 15) is 22.8 Å². The van der Waals surface area contributed by atoms with Crippen LogP contribution in [0.1, 0.15) is 35.2 Å². The zero-order valence-corrected chi connectivity index (χ0v) is 22.5. The minimum absolute atomic E-state index is 0.0385. The van der Waals surface area contributed by atoms with Crippen LogP contribution in [0, 0.1) is 5.92 Å². The number of methoxy groups -OCH3 is 1. The molecule has 37 heavy (non-hydrogen) atoms. The van der Waals surface area contributed by atoms with Gasteiger partial charge in [-0.25, -0.2) is 12.7 Å². The van der Waals surface area contributed by atoms with Gasteiger partial charge >= 0.3 is 0 Å². The summed E-state index contributed by atoms with van der Waals surface area (Å²) in [5.74, 6) is -2.14. The van der Waals surface area contributed by atoms with Crippen molar-refractivity contribution in [3.63, 3.8) is 0 Å². The summed E-state index contributed by atoms with van der Waals surface area (Å²) in [5.41, 5.74) is 0.638. The van der Waals surface area contributed by atoms with Gasteiger partial charge in [0.2, 0.25) is 11.8 Å². The first kappa shape index (κ1) is 27.2. The maximum atomic E-state index is 13.6. The van der Waals surface area contributed by atoms with E-state index in [1.54, 1.807) is 23.1 Å². The highest BCUT2D eigenvalue weighted by Gasteiger charge is 2.39. The zero-order chi connectivity index (χ0) is 26.7. The Morgan fingerprint density at radius 3 is 2.51 bits per heavy atom. The number of nitrogens with zero attached hydrogens (tertiary/aromatic N) is 2. The second-order valence-corrected chi connectivity index (χ2v) is 11.7. The average Bonchev–Trinajstić information content (AvgIpc) is 3.03. The van der Waals surface area contributed by atoms with Crippen molar-refractivity contribution in [3.8, 4) is 5.75 Å². The van der Waals surface area contributed by atoms with Crippen molar-refractivity contribution >= 4 is 50.9 Å². The molecule has 9 nitrogen and oxygen atoms in total. The molecule has 1 unspecified atom stereocenters. The molecule has 2 aliphatic rings. The van der Waals surface area contributed by atoms with Crippen LogP contribution in [-0.2, 0) is 26.0 Å². The molecule has 0 radical (unpaired) electrons. The molecular formula is C25H27Cl2N3O6S. The Labute approximate surface area is 225 Å². The molecule has 3 amide bonds. The molecule has 0 spiro atoms. The summed E-state index contributed by atoms with van der Waals surface area (Å²) in [7, 11) is -3.01. The number of hydrogen-bond donors (Lipinski definition) is 1. The zero-order valence-electron chi connectivity index (χ0n) is 20.2. The summed E-state index contributed by atoms with van der Waals surface area (Å²) >= 11 is 12.4. The maximum absolute atomic E-state index is 13.6. The third-order valence-electron chi connectivity index (χ3n) is 6.54. The number of piperidine rings is 1. The van der Waals surface area contributed by atoms with E-state index in [4.69, 9.17) is 27.9 Å². The van der Waals surface area contributed by atoms with Gasteiger partial charge < -0.3 is 15.0 Å². The van der Waals surface area contributed by atoms with Gasteiger partial charge in [-0.2, -0.15) is 0 Å². The number of halogens is 2. The summed E-state index contributed by atoms with van der Waals surface area (Å²) < 4.78 is 33.2. The van der Waals surface area contributed by atoms with E-state index in [0.717, 1.165) is 19.3 Å². The van der Waals surface area contributed by atoms with Gasteiger partial charge in [0.25, 0.3) is 15.9 Å². The molecule has 1 N–H and O–H groups in total. The van der Waals surface area contributed by atoms with Gasteiger partial charge in [-0.05, 0) is 67.6 Å². The van der Waals surface area contributed by atoms with Crippen LogP contribution >= 0.6 is 23.2 Å². The number of sulfonamides is 1. The van der Waals surface area contributed by atoms with Crippen LogP contribution in [0.2, 0.25) is 10.0 Å². The quantitative estimate of drug-likeness (QED) is 0.573. The molecule has 2 aromatic carbocycles. The van der Waals surface area contributed by atoms with E-state index in [1.807, 2.05) is 0 Å². The number of amides is 3. The van der Waals surface area contributed by atoms with E-state index < -0.39 is 34.3 Å². The van der Waals surface area contributed by atoms with Gasteiger partial charge in [0.05, 0.1) is 28.5 Å². The Morgan fingerprint density at radius 2 is 1.81 bits per heavy atom. The number of likely N-dealkylation sites (tertiary alicyclic amines) is 1. The van der Waals surface area contributed by atoms with Crippen molar-refractivity contribution in [1.82, 2.24) is 14.5 Å². The number of nitrogens with one attached hydrogen (secondary N) is 1. The Morgan fingerprint density at radius 1 is 1.08 bits per heavy atom. The van der Waals surface area contributed by atoms with Crippen LogP contribution in [0.3, 0.4) is 0 Å². The Kier molecular flexibility index (Phi) is 8.30. The summed E-state index contributed by atoms with van der Waals surface area (Å²) in [4.78, 5) is 40.4. The second kappa shape index (κ2) is 11.3. The van der Waals surface area contributed by atoms with Crippen molar-refractivity contribution in [1.29, 1.82) is 0 Å². The van der Waals surface area contributed by atoms with Gasteiger partial charge in [-0.15, -0.1) is 0 Å². The number of ether oxygens (including phenoxy) is 1. The van der Waals surface area contributed by atoms with Crippen molar-refractivity contribution < 1.29 is 27.5 Å². The molecule has 2 aliphatic heterocycles. The monoisotopic (exact) mass is 567 g/mol. The lowest BCUT2D eigenvalue weighted by molar-refractivity contribution is -0.131. The van der Waals surface area contributed by atoms with Crippen LogP contribution in [0.5, 0.6) is 5.75 Å². The van der Waals surface area contributed by atoms with Crippen molar-refractivity contribution in [2.24, 2.45) is 5.92 Å². The average molecular weight is 568 g/mol. The van der Waals surface area contributed by atoms with Crippen molar-refractivity contribution in [2.45, 2.75) is 30.6 Å². The fourth-order valence-corrected chi connectivity index (χ4v) is 6.38. The summed E-state index contributed by atoms with van der Waals surface area (Å²) in [6.07, 6.45) is 2.83. The van der Waals surface area contributed by atoms with Gasteiger partial charge in [0, 0.05) is 24.7 Å². The third-order valence-corrected chi connectivity index (χ3v) is 8.84. The number of carbonyl (C=O) groups is 3. The number of rotatable bonds is 6. The van der Waals surface area contributed by atoms with E-state index in [1.165, 1.54) is 25.3 Å². The lowest BCUT2D eigenvalue weighted by Gasteiger charge is -2.27. The Hall–Kier alpha value is -2.82. The normalized spacial score (nSPS) is 18.8. The number of hydrogen-bond acceptors (Lipinski definition) is 6. The second-order valence-electron chi connectivity index (χ2n) is 9.01. The van der Waals surface area contributed by atoms with Crippen LogP contribution in [0.15, 0.2) is 41.3 Å². The molecule has 2 aromatic rings. The van der Waals surface area contributed by atoms with Crippen molar-refractivity contribution in [2.75, 3.05) is 33.3 Å². The molecule has 198 valence electrons. The SMILES string of the molecule is COc1ccc(Cl)cc1CC1CNC(=O)CN(S(=O)(=O)c2ccc(Cl)c(C(=O)N3CCCCC3)c2)C1=O. The number of benzene rings is 2. The maximum Gasteiger partial charge on any atom is 0.267 e. The molecule has 12 heteroatoms. The van der Waals surface area contributed by atoms with Crippen molar-refractivity contribution in [3.05, 3.63) is 57.6 Å².